The van der Waals surface area contributed by atoms with E-state index in [0.717, 1.165) is 0 Å². The highest BCUT2D eigenvalue weighted by Gasteiger charge is 2.11. The van der Waals surface area contributed by atoms with Crippen LogP contribution in [0, 0.1) is 11.3 Å². The average Bonchev–Trinajstić information content (AvgIpc) is 2.62. The Kier molecular flexibility index (Phi) is 6.18. The zero-order chi connectivity index (χ0) is 18.4. The minimum Gasteiger partial charge on any atom is -0.465 e. The summed E-state index contributed by atoms with van der Waals surface area (Å²) >= 11 is 11.7. The number of nitriles is 1. The van der Waals surface area contributed by atoms with E-state index in [1.807, 2.05) is 6.07 Å². The summed E-state index contributed by atoms with van der Waals surface area (Å²) in [6.07, 6.45) is 1.41. The van der Waals surface area contributed by atoms with Gasteiger partial charge >= 0.3 is 5.97 Å². The van der Waals surface area contributed by atoms with Gasteiger partial charge in [0.05, 0.1) is 22.7 Å². The van der Waals surface area contributed by atoms with E-state index in [0.29, 0.717) is 26.9 Å². The molecule has 1 amide bonds. The number of nitrogens with zero attached hydrogens (tertiary/aromatic N) is 1. The molecule has 25 heavy (non-hydrogen) atoms. The van der Waals surface area contributed by atoms with Crippen molar-refractivity contribution >= 4 is 46.8 Å². The van der Waals surface area contributed by atoms with E-state index in [1.54, 1.807) is 36.4 Å². The number of anilines is 1. The fourth-order valence-corrected chi connectivity index (χ4v) is 2.22. The van der Waals surface area contributed by atoms with Gasteiger partial charge in [-0.05, 0) is 42.0 Å². The molecule has 0 aliphatic carbocycles. The van der Waals surface area contributed by atoms with Gasteiger partial charge in [-0.2, -0.15) is 5.26 Å². The predicted molar refractivity (Wildman–Crippen MR) is 96.5 cm³/mol. The molecule has 0 aliphatic heterocycles. The summed E-state index contributed by atoms with van der Waals surface area (Å²) in [5, 5.41) is 12.4. The smallest absolute Gasteiger partial charge is 0.337 e. The Labute approximate surface area is 154 Å². The van der Waals surface area contributed by atoms with Crippen LogP contribution in [0.15, 0.2) is 48.0 Å². The first-order chi connectivity index (χ1) is 11.9. The van der Waals surface area contributed by atoms with Crippen molar-refractivity contribution in [1.82, 2.24) is 0 Å². The lowest BCUT2D eigenvalue weighted by Gasteiger charge is -2.06. The summed E-state index contributed by atoms with van der Waals surface area (Å²) in [5.41, 5.74) is 1.28. The molecule has 0 saturated heterocycles. The first-order valence-corrected chi connectivity index (χ1v) is 7.76. The van der Waals surface area contributed by atoms with Crippen LogP contribution >= 0.6 is 23.2 Å². The number of ether oxygens (including phenoxy) is 1. The number of esters is 1. The monoisotopic (exact) mass is 374 g/mol. The quantitative estimate of drug-likeness (QED) is 0.490. The largest absolute Gasteiger partial charge is 0.465 e. The maximum absolute atomic E-state index is 12.2. The molecule has 0 saturated carbocycles. The van der Waals surface area contributed by atoms with Crippen LogP contribution < -0.4 is 5.32 Å². The second kappa shape index (κ2) is 8.34. The van der Waals surface area contributed by atoms with Crippen molar-refractivity contribution in [2.24, 2.45) is 0 Å². The first kappa shape index (κ1) is 18.5. The van der Waals surface area contributed by atoms with Crippen LogP contribution in [0.25, 0.3) is 6.08 Å². The maximum Gasteiger partial charge on any atom is 0.337 e. The van der Waals surface area contributed by atoms with E-state index in [-0.39, 0.29) is 5.57 Å². The number of halogens is 2. The highest BCUT2D eigenvalue weighted by atomic mass is 35.5. The number of benzene rings is 2. The first-order valence-electron chi connectivity index (χ1n) is 7.01. The van der Waals surface area contributed by atoms with Crippen LogP contribution in [0.5, 0.6) is 0 Å². The van der Waals surface area contributed by atoms with Crippen molar-refractivity contribution in [3.8, 4) is 6.07 Å². The number of rotatable bonds is 4. The van der Waals surface area contributed by atoms with E-state index in [2.05, 4.69) is 10.1 Å². The number of carbonyl (C=O) groups excluding carboxylic acids is 2. The van der Waals surface area contributed by atoms with Gasteiger partial charge in [0.15, 0.2) is 0 Å². The zero-order valence-electron chi connectivity index (χ0n) is 13.0. The van der Waals surface area contributed by atoms with Gasteiger partial charge in [-0.25, -0.2) is 4.79 Å². The minimum atomic E-state index is -0.585. The van der Waals surface area contributed by atoms with Gasteiger partial charge in [0.25, 0.3) is 5.91 Å². The summed E-state index contributed by atoms with van der Waals surface area (Å²) in [7, 11) is 1.29. The van der Waals surface area contributed by atoms with Crippen molar-refractivity contribution in [3.63, 3.8) is 0 Å². The second-order valence-electron chi connectivity index (χ2n) is 4.87. The maximum atomic E-state index is 12.2. The molecule has 2 rings (SSSR count). The highest BCUT2D eigenvalue weighted by molar-refractivity contribution is 6.42. The molecule has 7 heteroatoms. The van der Waals surface area contributed by atoms with Crippen molar-refractivity contribution < 1.29 is 14.3 Å². The average molecular weight is 375 g/mol. The second-order valence-corrected chi connectivity index (χ2v) is 5.68. The van der Waals surface area contributed by atoms with E-state index < -0.39 is 11.9 Å². The normalized spacial score (nSPS) is 10.7. The van der Waals surface area contributed by atoms with Crippen molar-refractivity contribution in [2.75, 3.05) is 12.4 Å². The summed E-state index contributed by atoms with van der Waals surface area (Å²) in [5.74, 6) is -1.05. The molecule has 1 N–H and O–H groups in total. The third-order valence-corrected chi connectivity index (χ3v) is 3.92. The molecule has 5 nitrogen and oxygen atoms in total. The Hall–Kier alpha value is -2.81. The van der Waals surface area contributed by atoms with Gasteiger partial charge < -0.3 is 10.1 Å². The highest BCUT2D eigenvalue weighted by Crippen LogP contribution is 2.25. The predicted octanol–water partition coefficient (Wildman–Crippen LogP) is 4.33. The van der Waals surface area contributed by atoms with E-state index in [4.69, 9.17) is 23.2 Å². The molecule has 0 fully saturated rings. The zero-order valence-corrected chi connectivity index (χ0v) is 14.6. The summed E-state index contributed by atoms with van der Waals surface area (Å²) in [4.78, 5) is 23.6. The van der Waals surface area contributed by atoms with Crippen LogP contribution in [0.2, 0.25) is 10.0 Å². The Bertz CT molecular complexity index is 884. The molecule has 0 aliphatic rings. The summed E-state index contributed by atoms with van der Waals surface area (Å²) < 4.78 is 4.61. The summed E-state index contributed by atoms with van der Waals surface area (Å²) in [6.45, 7) is 0. The van der Waals surface area contributed by atoms with Gasteiger partial charge in [0, 0.05) is 5.69 Å². The van der Waals surface area contributed by atoms with Crippen LogP contribution in [0.4, 0.5) is 5.69 Å². The SMILES string of the molecule is COC(=O)c1ccc(/C=C(\C#N)C(=O)Nc2ccc(Cl)c(Cl)c2)cc1. The molecular formula is C18H12Cl2N2O3. The molecule has 0 radical (unpaired) electrons. The molecule has 0 aromatic heterocycles. The van der Waals surface area contributed by atoms with Gasteiger partial charge in [-0.3, -0.25) is 4.79 Å². The lowest BCUT2D eigenvalue weighted by molar-refractivity contribution is -0.112. The van der Waals surface area contributed by atoms with Crippen LogP contribution in [-0.2, 0) is 9.53 Å². The Morgan fingerprint density at radius 3 is 2.36 bits per heavy atom. The lowest BCUT2D eigenvalue weighted by atomic mass is 10.1. The molecular weight excluding hydrogens is 363 g/mol. The van der Waals surface area contributed by atoms with Gasteiger partial charge in [-0.15, -0.1) is 0 Å². The number of carbonyl (C=O) groups is 2. The molecule has 0 spiro atoms. The van der Waals surface area contributed by atoms with Crippen LogP contribution in [0.1, 0.15) is 15.9 Å². The van der Waals surface area contributed by atoms with Gasteiger partial charge in [-0.1, -0.05) is 35.3 Å². The lowest BCUT2D eigenvalue weighted by Crippen LogP contribution is -2.13. The van der Waals surface area contributed by atoms with Crippen molar-refractivity contribution in [1.29, 1.82) is 5.26 Å². The molecule has 126 valence electrons. The topological polar surface area (TPSA) is 79.2 Å². The summed E-state index contributed by atoms with van der Waals surface area (Å²) in [6, 6.07) is 12.8. The third kappa shape index (κ3) is 4.83. The fourth-order valence-electron chi connectivity index (χ4n) is 1.92. The van der Waals surface area contributed by atoms with Crippen molar-refractivity contribution in [3.05, 3.63) is 69.2 Å². The Morgan fingerprint density at radius 1 is 1.12 bits per heavy atom. The van der Waals surface area contributed by atoms with E-state index >= 15 is 0 Å². The Balaban J connectivity index is 2.18. The number of hydrogen-bond donors (Lipinski definition) is 1. The molecule has 0 unspecified atom stereocenters. The van der Waals surface area contributed by atoms with Crippen LogP contribution in [-0.4, -0.2) is 19.0 Å². The molecule has 0 heterocycles. The molecule has 2 aromatic carbocycles. The van der Waals surface area contributed by atoms with E-state index in [1.165, 1.54) is 19.3 Å². The number of hydrogen-bond acceptors (Lipinski definition) is 4. The molecule has 2 aromatic rings. The number of nitrogens with one attached hydrogen (secondary N) is 1. The fraction of sp³-hybridized carbons (Fsp3) is 0.0556. The molecule has 0 atom stereocenters. The van der Waals surface area contributed by atoms with Crippen LogP contribution in [0.3, 0.4) is 0 Å². The number of methoxy groups -OCH3 is 1. The standard InChI is InChI=1S/C18H12Cl2N2O3/c1-25-18(24)12-4-2-11(3-5-12)8-13(10-21)17(23)22-14-6-7-15(19)16(20)9-14/h2-9H,1H3,(H,22,23)/b13-8+. The van der Waals surface area contributed by atoms with E-state index in [9.17, 15) is 14.9 Å². The van der Waals surface area contributed by atoms with Gasteiger partial charge in [0.1, 0.15) is 11.6 Å². The number of amides is 1. The van der Waals surface area contributed by atoms with Gasteiger partial charge in [0.2, 0.25) is 0 Å². The Morgan fingerprint density at radius 2 is 1.80 bits per heavy atom. The molecule has 0 bridgehead atoms. The third-order valence-electron chi connectivity index (χ3n) is 3.19. The minimum absolute atomic E-state index is 0.100. The van der Waals surface area contributed by atoms with Crippen molar-refractivity contribution in [2.45, 2.75) is 0 Å².